The van der Waals surface area contributed by atoms with Crippen LogP contribution >= 0.6 is 0 Å². The molecule has 0 radical (unpaired) electrons. The van der Waals surface area contributed by atoms with Gasteiger partial charge in [-0.05, 0) is 80.3 Å². The molecule has 576 valence electrons. The summed E-state index contributed by atoms with van der Waals surface area (Å²) in [6.07, 6.45) is 18.2. The first-order valence-corrected chi connectivity index (χ1v) is 40.0. The van der Waals surface area contributed by atoms with E-state index in [-0.39, 0.29) is 11.3 Å². The summed E-state index contributed by atoms with van der Waals surface area (Å²) in [4.78, 5) is 63.5. The maximum absolute atomic E-state index is 12.7. The number of ether oxygens (including phenoxy) is 2. The summed E-state index contributed by atoms with van der Waals surface area (Å²) in [7, 11) is 1.73. The average molecular weight is 1510 g/mol. The van der Waals surface area contributed by atoms with Gasteiger partial charge in [-0.25, -0.2) is 44.9 Å². The lowest BCUT2D eigenvalue weighted by Gasteiger charge is -2.46. The third kappa shape index (κ3) is 15.0. The number of rotatable bonds is 16. The maximum atomic E-state index is 12.7. The van der Waals surface area contributed by atoms with E-state index in [0.29, 0.717) is 59.8 Å². The minimum absolute atomic E-state index is 0.0224. The van der Waals surface area contributed by atoms with Crippen molar-refractivity contribution in [2.24, 2.45) is 5.41 Å². The molecule has 3 aliphatic carbocycles. The second kappa shape index (κ2) is 31.6. The Balaban J connectivity index is 0.000000120. The Labute approximate surface area is 662 Å². The van der Waals surface area contributed by atoms with E-state index in [9.17, 15) is 4.79 Å². The van der Waals surface area contributed by atoms with Gasteiger partial charge in [-0.1, -0.05) is 166 Å². The molecule has 2 saturated heterocycles. The fourth-order valence-corrected chi connectivity index (χ4v) is 17.2. The van der Waals surface area contributed by atoms with Crippen LogP contribution in [0.5, 0.6) is 0 Å². The smallest absolute Gasteiger partial charge is 0.223 e. The van der Waals surface area contributed by atoms with Gasteiger partial charge >= 0.3 is 0 Å². The van der Waals surface area contributed by atoms with Crippen molar-refractivity contribution < 1.29 is 14.3 Å². The highest BCUT2D eigenvalue weighted by Gasteiger charge is 2.41. The number of carbonyl (C=O) groups excluding carboxylic acids is 1. The molecule has 0 bridgehead atoms. The van der Waals surface area contributed by atoms with Crippen LogP contribution in [-0.2, 0) is 14.3 Å². The quantitative estimate of drug-likeness (QED) is 0.0655. The van der Waals surface area contributed by atoms with Crippen LogP contribution in [0.1, 0.15) is 101 Å². The van der Waals surface area contributed by atoms with E-state index in [4.69, 9.17) is 56.6 Å². The zero-order valence-electron chi connectivity index (χ0n) is 64.9. The number of anilines is 3. The summed E-state index contributed by atoms with van der Waals surface area (Å²) < 4.78 is 17.1. The summed E-state index contributed by atoms with van der Waals surface area (Å²) in [6.45, 7) is 15.2. The van der Waals surface area contributed by atoms with Gasteiger partial charge in [-0.2, -0.15) is 0 Å². The predicted octanol–water partition coefficient (Wildman–Crippen LogP) is 15.5. The van der Waals surface area contributed by atoms with Crippen LogP contribution in [0.4, 0.5) is 17.5 Å². The fourth-order valence-electron chi connectivity index (χ4n) is 17.2. The highest BCUT2D eigenvalue weighted by molar-refractivity contribution is 5.95. The number of nitrogen functional groups attached to an aromatic ring is 3. The third-order valence-corrected chi connectivity index (χ3v) is 23.6. The van der Waals surface area contributed by atoms with Gasteiger partial charge in [0, 0.05) is 182 Å². The van der Waals surface area contributed by atoms with Crippen LogP contribution in [0, 0.1) is 5.41 Å². The Morgan fingerprint density at radius 1 is 0.447 bits per heavy atom. The van der Waals surface area contributed by atoms with Crippen molar-refractivity contribution in [3.8, 4) is 67.5 Å². The normalized spacial score (nSPS) is 19.3. The van der Waals surface area contributed by atoms with Crippen molar-refractivity contribution in [3.05, 3.63) is 237 Å². The Bertz CT molecular complexity index is 5990. The average Bonchev–Trinajstić information content (AvgIpc) is 1.61. The second-order valence-corrected chi connectivity index (χ2v) is 32.2. The Kier molecular flexibility index (Phi) is 20.4. The molecular weight excluding hydrogens is 1420 g/mol. The molecule has 20 rings (SSSR count). The lowest BCUT2D eigenvalue weighted by molar-refractivity contribution is -0.135. The molecule has 6 aromatic carbocycles. The molecule has 7 N–H and O–H groups in total. The topological polar surface area (TPSA) is 265 Å². The van der Waals surface area contributed by atoms with Crippen LogP contribution in [0.25, 0.3) is 117 Å². The first kappa shape index (κ1) is 73.6. The molecule has 3 saturated carbocycles. The number of methoxy groups -OCH3 is 1. The number of morpholine rings is 1. The number of carbonyl (C=O) groups is 1. The molecule has 0 unspecified atom stereocenters. The van der Waals surface area contributed by atoms with Crippen molar-refractivity contribution >= 4 is 72.6 Å². The first-order chi connectivity index (χ1) is 55.7. The number of imidazole rings is 3. The second-order valence-electron chi connectivity index (χ2n) is 32.2. The molecular formula is C92H95N19O3. The monoisotopic (exact) mass is 1510 g/mol. The van der Waals surface area contributed by atoms with Crippen molar-refractivity contribution in [2.45, 2.75) is 102 Å². The van der Waals surface area contributed by atoms with E-state index in [0.717, 1.165) is 238 Å². The molecule has 0 atom stereocenters. The minimum Gasteiger partial charge on any atom is -0.383 e. The van der Waals surface area contributed by atoms with Crippen LogP contribution in [0.3, 0.4) is 0 Å². The molecule has 5 aliphatic rings. The van der Waals surface area contributed by atoms with Gasteiger partial charge in [0.15, 0.2) is 0 Å². The highest BCUT2D eigenvalue weighted by atomic mass is 16.5. The molecule has 0 spiro atoms. The number of amides is 1. The van der Waals surface area contributed by atoms with E-state index in [1.807, 2.05) is 78.1 Å². The zero-order chi connectivity index (χ0) is 77.6. The van der Waals surface area contributed by atoms with Gasteiger partial charge in [0.25, 0.3) is 0 Å². The molecule has 9 aromatic heterocycles. The summed E-state index contributed by atoms with van der Waals surface area (Å²) in [5.41, 5.74) is 36.4. The number of benzene rings is 6. The van der Waals surface area contributed by atoms with Gasteiger partial charge in [0.05, 0.1) is 53.5 Å². The highest BCUT2D eigenvalue weighted by Crippen LogP contribution is 2.46. The van der Waals surface area contributed by atoms with E-state index in [1.165, 1.54) is 0 Å². The lowest BCUT2D eigenvalue weighted by atomic mass is 9.78. The van der Waals surface area contributed by atoms with Crippen molar-refractivity contribution in [2.75, 3.05) is 89.9 Å². The van der Waals surface area contributed by atoms with E-state index >= 15 is 0 Å². The Morgan fingerprint density at radius 3 is 1.18 bits per heavy atom. The van der Waals surface area contributed by atoms with Gasteiger partial charge in [-0.3, -0.25) is 27.8 Å². The number of hydrogen-bond acceptors (Lipinski definition) is 18. The van der Waals surface area contributed by atoms with Crippen molar-refractivity contribution in [1.29, 1.82) is 0 Å². The SMILES string of the molecule is CC(C)(C)CC(=O)N1CCN(C2CC(c3nc(-c4ccc5ccc(-c6ccccc6)nc5c4)c4c(N)nccn34)C2)CC1.COCCNC1CC(c2nc(-c3ccc4ccc(-c5ccccc5)nc4c3)c3c(N)nccn23)C1.Nc1nccn2c(C3CC(N4CCOCC4)C3)nc(-c3ccc4ccc(-c5ccccc5)nc4c3)c12. The van der Waals surface area contributed by atoms with Gasteiger partial charge < -0.3 is 36.9 Å². The van der Waals surface area contributed by atoms with E-state index in [2.05, 4.69) is 191 Å². The van der Waals surface area contributed by atoms with Crippen molar-refractivity contribution in [1.82, 2.24) is 78.1 Å². The van der Waals surface area contributed by atoms with E-state index in [1.54, 1.807) is 25.7 Å². The van der Waals surface area contributed by atoms with E-state index < -0.39 is 0 Å². The molecule has 11 heterocycles. The van der Waals surface area contributed by atoms with Gasteiger partial charge in [0.1, 0.15) is 68.6 Å². The number of piperazine rings is 1. The minimum atomic E-state index is 0.0224. The molecule has 5 fully saturated rings. The summed E-state index contributed by atoms with van der Waals surface area (Å²) in [6, 6.07) is 63.9. The Hall–Kier alpha value is -11.9. The number of pyridine rings is 3. The van der Waals surface area contributed by atoms with Crippen LogP contribution in [0.15, 0.2) is 219 Å². The molecule has 15 aromatic rings. The molecule has 2 aliphatic heterocycles. The number of nitrogens with zero attached hydrogens (tertiary/aromatic N) is 15. The zero-order valence-corrected chi connectivity index (χ0v) is 64.9. The Morgan fingerprint density at radius 2 is 0.807 bits per heavy atom. The van der Waals surface area contributed by atoms with Crippen LogP contribution < -0.4 is 22.5 Å². The number of aromatic nitrogens is 12. The number of hydrogen-bond donors (Lipinski definition) is 4. The van der Waals surface area contributed by atoms with Gasteiger partial charge in [0.2, 0.25) is 5.91 Å². The first-order valence-electron chi connectivity index (χ1n) is 40.0. The predicted molar refractivity (Wildman–Crippen MR) is 453 cm³/mol. The number of nitrogens with two attached hydrogens (primary N) is 3. The summed E-state index contributed by atoms with van der Waals surface area (Å²) >= 11 is 0. The third-order valence-electron chi connectivity index (χ3n) is 23.6. The molecule has 22 nitrogen and oxygen atoms in total. The standard InChI is InChI=1S/C35H39N7O.C29H28N6O.C28H28N6O/c1-35(2,3)22-30(43)41-17-15-40(16-18-41)27-19-26(20-27)34-39-31(32-33(36)37-13-14-42(32)34)25-10-9-24-11-12-28(38-29(24)21-25)23-7-5-4-6-8-23;30-28-27-26(21-7-6-20-8-9-24(32-25(20)18-21)19-4-2-1-3-5-19)33-29(35(27)11-10-31-28)22-16-23(17-22)34-12-14-36-15-13-34;1-35-14-12-30-22-15-21(16-22)28-33-25(26-27(29)31-11-13-34(26)28)20-8-7-19-9-10-23(32-24(19)17-20)18-5-3-2-4-6-18/h4-14,21,26-27H,15-20,22H2,1-3H3,(H2,36,37);1-11,18,22-23H,12-17H2,(H2,30,31);2-11,13,17,21-22,30H,12,14-16H2,1H3,(H2,29,31). The molecule has 114 heavy (non-hydrogen) atoms. The van der Waals surface area contributed by atoms with Crippen LogP contribution in [-0.4, -0.2) is 170 Å². The van der Waals surface area contributed by atoms with Crippen LogP contribution in [0.2, 0.25) is 0 Å². The largest absolute Gasteiger partial charge is 0.383 e. The molecule has 1 amide bonds. The maximum Gasteiger partial charge on any atom is 0.223 e. The number of nitrogens with one attached hydrogen (secondary N) is 1. The summed E-state index contributed by atoms with van der Waals surface area (Å²) in [5.74, 6) is 6.03. The lowest BCUT2D eigenvalue weighted by Crippen LogP contribution is -2.55. The van der Waals surface area contributed by atoms with Gasteiger partial charge in [-0.15, -0.1) is 0 Å². The fraction of sp³-hybridized carbons (Fsp3) is 0.304. The summed E-state index contributed by atoms with van der Waals surface area (Å²) in [5, 5.41) is 6.82. The van der Waals surface area contributed by atoms with Crippen molar-refractivity contribution in [3.63, 3.8) is 0 Å². The number of fused-ring (bicyclic) bond motifs is 6. The molecule has 22 heteroatoms.